The number of allylic oxidation sites excluding steroid dienone is 3. The quantitative estimate of drug-likeness (QED) is 0.177. The molecule has 0 saturated heterocycles. The Morgan fingerprint density at radius 2 is 1.71 bits per heavy atom. The van der Waals surface area contributed by atoms with Gasteiger partial charge in [0.05, 0.1) is 14.2 Å². The summed E-state index contributed by atoms with van der Waals surface area (Å²) in [6.07, 6.45) is 4.35. The number of carbonyl (C=O) groups excluding carboxylic acids is 2. The highest BCUT2D eigenvalue weighted by Crippen LogP contribution is 2.01. The van der Waals surface area contributed by atoms with E-state index in [2.05, 4.69) is 9.47 Å². The number of hydrogen-bond donors (Lipinski definition) is 0. The normalized spacial score (nSPS) is 9.64. The minimum Gasteiger partial charge on any atom is -0.465 e. The number of rotatable bonds is 4. The van der Waals surface area contributed by atoms with E-state index in [-0.39, 0.29) is 5.57 Å². The zero-order valence-corrected chi connectivity index (χ0v) is 8.71. The smallest absolute Gasteiger partial charge is 0.345 e. The summed E-state index contributed by atoms with van der Waals surface area (Å²) in [4.78, 5) is 22.1. The minimum atomic E-state index is -0.740. The fourth-order valence-corrected chi connectivity index (χ4v) is 0.758. The topological polar surface area (TPSA) is 52.6 Å². The van der Waals surface area contributed by atoms with Crippen molar-refractivity contribution in [2.24, 2.45) is 0 Å². The lowest BCUT2D eigenvalue weighted by Gasteiger charge is -2.01. The van der Waals surface area contributed by atoms with Crippen LogP contribution in [0.3, 0.4) is 0 Å². The summed E-state index contributed by atoms with van der Waals surface area (Å²) in [6.45, 7) is 0. The van der Waals surface area contributed by atoms with E-state index >= 15 is 0 Å². The second-order valence-corrected chi connectivity index (χ2v) is 2.45. The van der Waals surface area contributed by atoms with Gasteiger partial charge in [-0.15, -0.1) is 11.6 Å². The van der Waals surface area contributed by atoms with Crippen molar-refractivity contribution in [2.75, 3.05) is 20.1 Å². The average molecular weight is 219 g/mol. The molecule has 0 spiro atoms. The first-order chi connectivity index (χ1) is 6.67. The summed E-state index contributed by atoms with van der Waals surface area (Å²) in [5.74, 6) is -1.18. The number of halogens is 1. The summed E-state index contributed by atoms with van der Waals surface area (Å²) in [5, 5.41) is 0. The van der Waals surface area contributed by atoms with Gasteiger partial charge in [0.1, 0.15) is 5.57 Å². The maximum absolute atomic E-state index is 11.0. The first kappa shape index (κ1) is 12.7. The molecule has 0 saturated carbocycles. The molecule has 0 fully saturated rings. The summed E-state index contributed by atoms with van der Waals surface area (Å²) in [6, 6.07) is 0. The molecule has 0 aliphatic heterocycles. The number of carbonyl (C=O) groups is 2. The van der Waals surface area contributed by atoms with Crippen LogP contribution in [-0.4, -0.2) is 32.0 Å². The van der Waals surface area contributed by atoms with E-state index in [9.17, 15) is 9.59 Å². The molecule has 5 heteroatoms. The predicted octanol–water partition coefficient (Wildman–Crippen LogP) is 1.05. The fourth-order valence-electron chi connectivity index (χ4n) is 0.655. The molecule has 0 N–H and O–H groups in total. The molecular weight excluding hydrogens is 208 g/mol. The lowest BCUT2D eigenvalue weighted by atomic mass is 10.2. The van der Waals surface area contributed by atoms with Crippen LogP contribution in [0.15, 0.2) is 23.8 Å². The van der Waals surface area contributed by atoms with Crippen LogP contribution in [-0.2, 0) is 19.1 Å². The van der Waals surface area contributed by atoms with E-state index in [0.29, 0.717) is 5.88 Å². The number of ether oxygens (including phenoxy) is 2. The van der Waals surface area contributed by atoms with Gasteiger partial charge in [-0.2, -0.15) is 0 Å². The van der Waals surface area contributed by atoms with Crippen molar-refractivity contribution in [3.8, 4) is 0 Å². The van der Waals surface area contributed by atoms with Crippen LogP contribution >= 0.6 is 11.6 Å². The van der Waals surface area contributed by atoms with Crippen molar-refractivity contribution in [3.63, 3.8) is 0 Å². The molecule has 0 atom stereocenters. The van der Waals surface area contributed by atoms with E-state index in [4.69, 9.17) is 11.6 Å². The van der Waals surface area contributed by atoms with E-state index in [0.717, 1.165) is 0 Å². The molecule has 0 radical (unpaired) electrons. The van der Waals surface area contributed by atoms with Gasteiger partial charge in [-0.25, -0.2) is 9.59 Å². The van der Waals surface area contributed by atoms with Gasteiger partial charge >= 0.3 is 11.9 Å². The number of esters is 2. The molecule has 78 valence electrons. The van der Waals surface area contributed by atoms with Gasteiger partial charge in [-0.1, -0.05) is 12.2 Å². The van der Waals surface area contributed by atoms with E-state index in [1.54, 1.807) is 6.08 Å². The molecule has 14 heavy (non-hydrogen) atoms. The largest absolute Gasteiger partial charge is 0.465 e. The number of methoxy groups -OCH3 is 2. The third-order valence-electron chi connectivity index (χ3n) is 1.30. The molecule has 0 aromatic heterocycles. The van der Waals surface area contributed by atoms with Crippen LogP contribution in [0.4, 0.5) is 0 Å². The number of alkyl halides is 1. The molecular formula is C9H11ClO4. The second-order valence-electron chi connectivity index (χ2n) is 2.15. The van der Waals surface area contributed by atoms with Crippen LogP contribution in [0.5, 0.6) is 0 Å². The van der Waals surface area contributed by atoms with E-state index in [1.807, 2.05) is 0 Å². The Labute approximate surface area is 87.1 Å². The van der Waals surface area contributed by atoms with Crippen LogP contribution in [0.1, 0.15) is 0 Å². The molecule has 0 aliphatic carbocycles. The highest BCUT2D eigenvalue weighted by atomic mass is 35.5. The van der Waals surface area contributed by atoms with Gasteiger partial charge in [0.25, 0.3) is 0 Å². The molecule has 0 amide bonds. The molecule has 0 rings (SSSR count). The van der Waals surface area contributed by atoms with Crippen LogP contribution in [0.25, 0.3) is 0 Å². The van der Waals surface area contributed by atoms with Crippen molar-refractivity contribution in [1.82, 2.24) is 0 Å². The molecule has 0 unspecified atom stereocenters. The molecule has 0 bridgehead atoms. The molecule has 4 nitrogen and oxygen atoms in total. The molecule has 0 aromatic rings. The Hall–Kier alpha value is -1.29. The summed E-state index contributed by atoms with van der Waals surface area (Å²) in [5.41, 5.74) is -0.170. The SMILES string of the molecule is COC(=O)C(=C/C=C/CCl)C(=O)OC. The second kappa shape index (κ2) is 7.15. The third kappa shape index (κ3) is 4.09. The fraction of sp³-hybridized carbons (Fsp3) is 0.333. The standard InChI is InChI=1S/C9H11ClO4/c1-13-8(11)7(9(12)14-2)5-3-4-6-10/h3-5H,6H2,1-2H3/b4-3+. The Morgan fingerprint density at radius 1 is 1.21 bits per heavy atom. The summed E-state index contributed by atoms with van der Waals surface area (Å²) >= 11 is 5.36. The first-order valence-electron chi connectivity index (χ1n) is 3.76. The minimum absolute atomic E-state index is 0.170. The zero-order valence-electron chi connectivity index (χ0n) is 7.95. The van der Waals surface area contributed by atoms with E-state index < -0.39 is 11.9 Å². The zero-order chi connectivity index (χ0) is 11.0. The average Bonchev–Trinajstić information content (AvgIpc) is 2.22. The van der Waals surface area contributed by atoms with Gasteiger partial charge in [-0.05, 0) is 6.08 Å². The Morgan fingerprint density at radius 3 is 2.07 bits per heavy atom. The van der Waals surface area contributed by atoms with Crippen LogP contribution in [0, 0.1) is 0 Å². The Bertz CT molecular complexity index is 250. The van der Waals surface area contributed by atoms with Crippen molar-refractivity contribution < 1.29 is 19.1 Å². The van der Waals surface area contributed by atoms with Crippen molar-refractivity contribution in [3.05, 3.63) is 23.8 Å². The van der Waals surface area contributed by atoms with Gasteiger partial charge in [0.2, 0.25) is 0 Å². The van der Waals surface area contributed by atoms with Crippen molar-refractivity contribution in [2.45, 2.75) is 0 Å². The number of hydrogen-bond acceptors (Lipinski definition) is 4. The molecule has 0 heterocycles. The van der Waals surface area contributed by atoms with Gasteiger partial charge in [0, 0.05) is 5.88 Å². The third-order valence-corrected chi connectivity index (χ3v) is 1.48. The maximum atomic E-state index is 11.0. The van der Waals surface area contributed by atoms with Gasteiger partial charge < -0.3 is 9.47 Å². The summed E-state index contributed by atoms with van der Waals surface area (Å²) < 4.78 is 8.78. The Kier molecular flexibility index (Phi) is 6.49. The van der Waals surface area contributed by atoms with Crippen molar-refractivity contribution in [1.29, 1.82) is 0 Å². The lowest BCUT2D eigenvalue weighted by Crippen LogP contribution is -2.15. The van der Waals surface area contributed by atoms with Gasteiger partial charge in [-0.3, -0.25) is 0 Å². The lowest BCUT2D eigenvalue weighted by molar-refractivity contribution is -0.144. The first-order valence-corrected chi connectivity index (χ1v) is 4.30. The monoisotopic (exact) mass is 218 g/mol. The molecule has 0 aliphatic rings. The van der Waals surface area contributed by atoms with Crippen molar-refractivity contribution >= 4 is 23.5 Å². The predicted molar refractivity (Wildman–Crippen MR) is 52.0 cm³/mol. The molecule has 0 aromatic carbocycles. The van der Waals surface area contributed by atoms with Gasteiger partial charge in [0.15, 0.2) is 0 Å². The summed E-state index contributed by atoms with van der Waals surface area (Å²) in [7, 11) is 2.37. The van der Waals surface area contributed by atoms with E-state index in [1.165, 1.54) is 26.4 Å². The Balaban J connectivity index is 4.71. The highest BCUT2D eigenvalue weighted by molar-refractivity contribution is 6.19. The highest BCUT2D eigenvalue weighted by Gasteiger charge is 2.18. The maximum Gasteiger partial charge on any atom is 0.345 e. The van der Waals surface area contributed by atoms with Crippen LogP contribution in [0.2, 0.25) is 0 Å². The van der Waals surface area contributed by atoms with Crippen LogP contribution < -0.4 is 0 Å².